The maximum atomic E-state index is 11.8. The molecule has 0 spiro atoms. The van der Waals surface area contributed by atoms with Crippen molar-refractivity contribution in [1.29, 1.82) is 0 Å². The zero-order chi connectivity index (χ0) is 10.4. The quantitative estimate of drug-likeness (QED) is 0.511. The second-order valence-electron chi connectivity index (χ2n) is 4.85. The highest BCUT2D eigenvalue weighted by molar-refractivity contribution is 5.73. The van der Waals surface area contributed by atoms with Gasteiger partial charge >= 0.3 is 5.97 Å². The Balaban J connectivity index is 1.52. The van der Waals surface area contributed by atoms with Crippen molar-refractivity contribution in [3.05, 3.63) is 0 Å². The van der Waals surface area contributed by atoms with E-state index in [0.717, 1.165) is 19.4 Å². The van der Waals surface area contributed by atoms with Crippen LogP contribution in [0.4, 0.5) is 0 Å². The Labute approximate surface area is 88.9 Å². The molecule has 0 aromatic heterocycles. The normalized spacial score (nSPS) is 46.9. The Kier molecular flexibility index (Phi) is 2.21. The van der Waals surface area contributed by atoms with Crippen LogP contribution in [-0.4, -0.2) is 37.5 Å². The van der Waals surface area contributed by atoms with Crippen molar-refractivity contribution in [1.82, 2.24) is 0 Å². The highest BCUT2D eigenvalue weighted by atomic mass is 16.6. The Morgan fingerprint density at radius 3 is 2.87 bits per heavy atom. The molecular formula is C11H16O4. The Morgan fingerprint density at radius 1 is 1.40 bits per heavy atom. The topological polar surface area (TPSA) is 51.4 Å². The van der Waals surface area contributed by atoms with Crippen molar-refractivity contribution in [2.75, 3.05) is 13.2 Å². The second kappa shape index (κ2) is 3.46. The lowest BCUT2D eigenvalue weighted by molar-refractivity contribution is -0.151. The van der Waals surface area contributed by atoms with Gasteiger partial charge in [-0.2, -0.15) is 0 Å². The molecule has 2 heterocycles. The van der Waals surface area contributed by atoms with Crippen LogP contribution in [0.2, 0.25) is 0 Å². The zero-order valence-corrected chi connectivity index (χ0v) is 8.85. The minimum absolute atomic E-state index is 0.0347. The summed E-state index contributed by atoms with van der Waals surface area (Å²) in [6.07, 6.45) is 2.77. The molecule has 0 aromatic rings. The van der Waals surface area contributed by atoms with E-state index in [2.05, 4.69) is 6.92 Å². The number of hydrogen-bond acceptors (Lipinski definition) is 4. The monoisotopic (exact) mass is 212 g/mol. The van der Waals surface area contributed by atoms with E-state index in [0.29, 0.717) is 24.7 Å². The molecule has 0 bridgehead atoms. The third kappa shape index (κ3) is 2.01. The summed E-state index contributed by atoms with van der Waals surface area (Å²) < 4.78 is 15.7. The molecule has 3 rings (SSSR count). The van der Waals surface area contributed by atoms with E-state index >= 15 is 0 Å². The first kappa shape index (κ1) is 9.60. The number of epoxide rings is 2. The van der Waals surface area contributed by atoms with Crippen molar-refractivity contribution in [3.8, 4) is 0 Å². The van der Waals surface area contributed by atoms with Gasteiger partial charge in [-0.3, -0.25) is 4.79 Å². The molecule has 2 aliphatic heterocycles. The van der Waals surface area contributed by atoms with E-state index < -0.39 is 0 Å². The van der Waals surface area contributed by atoms with Crippen LogP contribution in [0.1, 0.15) is 19.8 Å². The fraction of sp³-hybridized carbons (Fsp3) is 0.909. The molecule has 0 aromatic carbocycles. The molecule has 0 amide bonds. The third-order valence-electron chi connectivity index (χ3n) is 3.58. The minimum Gasteiger partial charge on any atom is -0.463 e. The van der Waals surface area contributed by atoms with Gasteiger partial charge in [0.25, 0.3) is 0 Å². The van der Waals surface area contributed by atoms with Gasteiger partial charge < -0.3 is 14.2 Å². The molecule has 0 radical (unpaired) electrons. The summed E-state index contributed by atoms with van der Waals surface area (Å²) in [6, 6.07) is 0. The molecule has 5 unspecified atom stereocenters. The van der Waals surface area contributed by atoms with Gasteiger partial charge in [-0.05, 0) is 18.8 Å². The molecule has 2 saturated heterocycles. The SMILES string of the molecule is CC1CC2OC2CC1C(=O)OCC1CO1. The number of rotatable bonds is 3. The average Bonchev–Trinajstić information content (AvgIpc) is 3.07. The van der Waals surface area contributed by atoms with Gasteiger partial charge in [0.05, 0.1) is 24.7 Å². The van der Waals surface area contributed by atoms with Gasteiger partial charge in [-0.25, -0.2) is 0 Å². The van der Waals surface area contributed by atoms with Crippen LogP contribution in [0.3, 0.4) is 0 Å². The zero-order valence-electron chi connectivity index (χ0n) is 8.85. The van der Waals surface area contributed by atoms with E-state index in [9.17, 15) is 4.79 Å². The lowest BCUT2D eigenvalue weighted by Gasteiger charge is -2.24. The van der Waals surface area contributed by atoms with Gasteiger partial charge in [-0.15, -0.1) is 0 Å². The van der Waals surface area contributed by atoms with Crippen LogP contribution in [0.15, 0.2) is 0 Å². The highest BCUT2D eigenvalue weighted by Crippen LogP contribution is 2.43. The number of esters is 1. The summed E-state index contributed by atoms with van der Waals surface area (Å²) >= 11 is 0. The molecular weight excluding hydrogens is 196 g/mol. The van der Waals surface area contributed by atoms with Crippen LogP contribution in [0.5, 0.6) is 0 Å². The summed E-state index contributed by atoms with van der Waals surface area (Å²) in [4.78, 5) is 11.8. The first-order valence-corrected chi connectivity index (χ1v) is 5.67. The standard InChI is InChI=1S/C11H16O4/c1-6-2-9-10(15-9)3-8(6)11(12)14-5-7-4-13-7/h6-10H,2-5H2,1H3. The molecule has 15 heavy (non-hydrogen) atoms. The number of hydrogen-bond donors (Lipinski definition) is 0. The van der Waals surface area contributed by atoms with Crippen molar-refractivity contribution in [2.24, 2.45) is 11.8 Å². The van der Waals surface area contributed by atoms with E-state index in [1.54, 1.807) is 0 Å². The van der Waals surface area contributed by atoms with Gasteiger partial charge in [-0.1, -0.05) is 6.92 Å². The minimum atomic E-state index is -0.0630. The number of fused-ring (bicyclic) bond motifs is 1. The fourth-order valence-electron chi connectivity index (χ4n) is 2.38. The van der Waals surface area contributed by atoms with Crippen LogP contribution in [0, 0.1) is 11.8 Å². The Bertz CT molecular complexity index is 274. The maximum absolute atomic E-state index is 11.8. The summed E-state index contributed by atoms with van der Waals surface area (Å²) in [5.41, 5.74) is 0. The first-order chi connectivity index (χ1) is 7.24. The van der Waals surface area contributed by atoms with Gasteiger partial charge in [0.1, 0.15) is 12.7 Å². The summed E-state index contributed by atoms with van der Waals surface area (Å²) in [5.74, 6) is 0.362. The van der Waals surface area contributed by atoms with Crippen molar-refractivity contribution < 1.29 is 19.0 Å². The Hall–Kier alpha value is -0.610. The summed E-state index contributed by atoms with van der Waals surface area (Å²) in [5, 5.41) is 0. The maximum Gasteiger partial charge on any atom is 0.309 e. The van der Waals surface area contributed by atoms with E-state index in [1.165, 1.54) is 0 Å². The fourth-order valence-corrected chi connectivity index (χ4v) is 2.38. The average molecular weight is 212 g/mol. The predicted molar refractivity (Wildman–Crippen MR) is 51.2 cm³/mol. The van der Waals surface area contributed by atoms with Crippen molar-refractivity contribution in [3.63, 3.8) is 0 Å². The van der Waals surface area contributed by atoms with E-state index in [-0.39, 0.29) is 18.0 Å². The lowest BCUT2D eigenvalue weighted by Crippen LogP contribution is -2.31. The molecule has 0 N–H and O–H groups in total. The van der Waals surface area contributed by atoms with Crippen molar-refractivity contribution in [2.45, 2.75) is 38.1 Å². The largest absolute Gasteiger partial charge is 0.463 e. The molecule has 3 aliphatic rings. The molecule has 3 fully saturated rings. The van der Waals surface area contributed by atoms with Crippen LogP contribution < -0.4 is 0 Å². The second-order valence-corrected chi connectivity index (χ2v) is 4.85. The van der Waals surface area contributed by atoms with Gasteiger partial charge in [0.15, 0.2) is 0 Å². The predicted octanol–water partition coefficient (Wildman–Crippen LogP) is 0.742. The lowest BCUT2D eigenvalue weighted by atomic mass is 9.80. The molecule has 84 valence electrons. The smallest absolute Gasteiger partial charge is 0.309 e. The number of ether oxygens (including phenoxy) is 3. The number of carbonyl (C=O) groups is 1. The van der Waals surface area contributed by atoms with Crippen LogP contribution in [0.25, 0.3) is 0 Å². The van der Waals surface area contributed by atoms with E-state index in [1.807, 2.05) is 0 Å². The van der Waals surface area contributed by atoms with E-state index in [4.69, 9.17) is 14.2 Å². The summed E-state index contributed by atoms with van der Waals surface area (Å²) in [7, 11) is 0. The molecule has 4 nitrogen and oxygen atoms in total. The van der Waals surface area contributed by atoms with Crippen LogP contribution >= 0.6 is 0 Å². The van der Waals surface area contributed by atoms with Gasteiger partial charge in [0, 0.05) is 0 Å². The molecule has 4 heteroatoms. The van der Waals surface area contributed by atoms with Gasteiger partial charge in [0.2, 0.25) is 0 Å². The van der Waals surface area contributed by atoms with Crippen molar-refractivity contribution >= 4 is 5.97 Å². The first-order valence-electron chi connectivity index (χ1n) is 5.67. The number of carbonyl (C=O) groups excluding carboxylic acids is 1. The Morgan fingerprint density at radius 2 is 2.13 bits per heavy atom. The molecule has 5 atom stereocenters. The molecule has 1 saturated carbocycles. The third-order valence-corrected chi connectivity index (χ3v) is 3.58. The summed E-state index contributed by atoms with van der Waals surface area (Å²) in [6.45, 7) is 3.27. The van der Waals surface area contributed by atoms with Crippen LogP contribution in [-0.2, 0) is 19.0 Å². The molecule has 1 aliphatic carbocycles. The highest BCUT2D eigenvalue weighted by Gasteiger charge is 2.49.